The topological polar surface area (TPSA) is 58.6 Å². The van der Waals surface area contributed by atoms with Crippen LogP contribution in [0.2, 0.25) is 5.02 Å². The molecule has 0 radical (unpaired) electrons. The Morgan fingerprint density at radius 3 is 2.31 bits per heavy atom. The van der Waals surface area contributed by atoms with E-state index in [2.05, 4.69) is 5.32 Å². The van der Waals surface area contributed by atoms with Crippen LogP contribution in [0.5, 0.6) is 0 Å². The molecule has 2 aromatic carbocycles. The molecule has 1 N–H and O–H groups in total. The number of sulfonamides is 1. The normalized spacial score (nSPS) is 21.5. The van der Waals surface area contributed by atoms with Gasteiger partial charge >= 0.3 is 0 Å². The maximum atomic E-state index is 12.8. The van der Waals surface area contributed by atoms with Gasteiger partial charge < -0.3 is 10.1 Å². The Balaban J connectivity index is 1.69. The van der Waals surface area contributed by atoms with Gasteiger partial charge in [-0.1, -0.05) is 29.8 Å². The lowest BCUT2D eigenvalue weighted by molar-refractivity contribution is -0.0440. The Kier molecular flexibility index (Phi) is 5.87. The molecule has 2 atom stereocenters. The van der Waals surface area contributed by atoms with Crippen molar-refractivity contribution in [3.05, 3.63) is 59.1 Å². The highest BCUT2D eigenvalue weighted by molar-refractivity contribution is 7.89. The number of nitrogens with zero attached hydrogens (tertiary/aromatic N) is 1. The Morgan fingerprint density at radius 2 is 1.69 bits per heavy atom. The number of hydrogen-bond donors (Lipinski definition) is 1. The summed E-state index contributed by atoms with van der Waals surface area (Å²) in [5.74, 6) is 0. The molecule has 0 bridgehead atoms. The van der Waals surface area contributed by atoms with E-state index in [0.29, 0.717) is 29.6 Å². The molecule has 1 fully saturated rings. The third-order valence-electron chi connectivity index (χ3n) is 4.32. The SMILES string of the molecule is CC1CN(S(=O)(=O)c2ccc(NCc3ccccc3Cl)cc2)CC(C)O1. The summed E-state index contributed by atoms with van der Waals surface area (Å²) < 4.78 is 32.8. The van der Waals surface area contributed by atoms with E-state index < -0.39 is 10.0 Å². The van der Waals surface area contributed by atoms with E-state index in [-0.39, 0.29) is 12.2 Å². The summed E-state index contributed by atoms with van der Waals surface area (Å²) in [6, 6.07) is 14.4. The van der Waals surface area contributed by atoms with Gasteiger partial charge in [-0.2, -0.15) is 4.31 Å². The summed E-state index contributed by atoms with van der Waals surface area (Å²) >= 11 is 6.15. The molecule has 1 aliphatic heterocycles. The van der Waals surface area contributed by atoms with Crippen molar-refractivity contribution >= 4 is 27.3 Å². The standard InChI is InChI=1S/C19H23ClN2O3S/c1-14-12-22(13-15(2)25-14)26(23,24)18-9-7-17(8-10-18)21-11-16-5-3-4-6-19(16)20/h3-10,14-15,21H,11-13H2,1-2H3. The monoisotopic (exact) mass is 394 g/mol. The second-order valence-corrected chi connectivity index (χ2v) is 8.89. The average Bonchev–Trinajstić information content (AvgIpc) is 2.60. The van der Waals surface area contributed by atoms with Crippen LogP contribution in [0, 0.1) is 0 Å². The van der Waals surface area contributed by atoms with Crippen LogP contribution in [0.3, 0.4) is 0 Å². The van der Waals surface area contributed by atoms with E-state index in [0.717, 1.165) is 11.3 Å². The quantitative estimate of drug-likeness (QED) is 0.839. The second kappa shape index (κ2) is 7.96. The molecule has 2 aromatic rings. The summed E-state index contributed by atoms with van der Waals surface area (Å²) in [5, 5.41) is 3.96. The van der Waals surface area contributed by atoms with Gasteiger partial charge in [-0.15, -0.1) is 0 Å². The average molecular weight is 395 g/mol. The molecule has 0 amide bonds. The zero-order chi connectivity index (χ0) is 18.7. The number of nitrogens with one attached hydrogen (secondary N) is 1. The van der Waals surface area contributed by atoms with Gasteiger partial charge in [0, 0.05) is 30.3 Å². The molecule has 140 valence electrons. The number of rotatable bonds is 5. The van der Waals surface area contributed by atoms with Crippen LogP contribution in [0.25, 0.3) is 0 Å². The lowest BCUT2D eigenvalue weighted by Gasteiger charge is -2.34. The predicted octanol–water partition coefficient (Wildman–Crippen LogP) is 3.75. The number of ether oxygens (including phenoxy) is 1. The summed E-state index contributed by atoms with van der Waals surface area (Å²) in [5.41, 5.74) is 1.83. The van der Waals surface area contributed by atoms with Crippen LogP contribution < -0.4 is 5.32 Å². The zero-order valence-electron chi connectivity index (χ0n) is 14.9. The molecular formula is C19H23ClN2O3S. The third kappa shape index (κ3) is 4.38. The Bertz CT molecular complexity index is 845. The Labute approximate surface area is 160 Å². The lowest BCUT2D eigenvalue weighted by atomic mass is 10.2. The second-order valence-electron chi connectivity index (χ2n) is 6.55. The highest BCUT2D eigenvalue weighted by Crippen LogP contribution is 2.23. The summed E-state index contributed by atoms with van der Waals surface area (Å²) in [6.07, 6.45) is -0.213. The van der Waals surface area contributed by atoms with E-state index >= 15 is 0 Å². The van der Waals surface area contributed by atoms with Gasteiger partial charge in [0.15, 0.2) is 0 Å². The first-order valence-corrected chi connectivity index (χ1v) is 10.4. The molecule has 0 aromatic heterocycles. The fourth-order valence-electron chi connectivity index (χ4n) is 3.06. The smallest absolute Gasteiger partial charge is 0.243 e. The van der Waals surface area contributed by atoms with Crippen molar-refractivity contribution in [3.63, 3.8) is 0 Å². The third-order valence-corrected chi connectivity index (χ3v) is 6.53. The fourth-order valence-corrected chi connectivity index (χ4v) is 4.85. The van der Waals surface area contributed by atoms with Crippen LogP contribution in [0.15, 0.2) is 53.4 Å². The van der Waals surface area contributed by atoms with Crippen molar-refractivity contribution in [2.45, 2.75) is 37.5 Å². The van der Waals surface area contributed by atoms with E-state index in [1.807, 2.05) is 38.1 Å². The number of halogens is 1. The van der Waals surface area contributed by atoms with E-state index in [4.69, 9.17) is 16.3 Å². The molecule has 0 saturated carbocycles. The maximum Gasteiger partial charge on any atom is 0.243 e. The molecule has 0 spiro atoms. The molecule has 0 aliphatic carbocycles. The first kappa shape index (κ1) is 19.2. The molecule has 2 unspecified atom stereocenters. The number of morpholine rings is 1. The van der Waals surface area contributed by atoms with E-state index in [9.17, 15) is 8.42 Å². The van der Waals surface area contributed by atoms with Crippen molar-refractivity contribution in [3.8, 4) is 0 Å². The van der Waals surface area contributed by atoms with Crippen molar-refractivity contribution in [2.75, 3.05) is 18.4 Å². The number of hydrogen-bond acceptors (Lipinski definition) is 4. The van der Waals surface area contributed by atoms with Gasteiger partial charge in [0.1, 0.15) is 0 Å². The molecule has 3 rings (SSSR count). The molecule has 1 heterocycles. The molecule has 1 saturated heterocycles. The van der Waals surface area contributed by atoms with Gasteiger partial charge in [-0.3, -0.25) is 0 Å². The molecule has 5 nitrogen and oxygen atoms in total. The van der Waals surface area contributed by atoms with Gasteiger partial charge in [0.25, 0.3) is 0 Å². The van der Waals surface area contributed by atoms with E-state index in [1.165, 1.54) is 4.31 Å². The number of anilines is 1. The highest BCUT2D eigenvalue weighted by Gasteiger charge is 2.32. The molecule has 26 heavy (non-hydrogen) atoms. The van der Waals surface area contributed by atoms with Crippen molar-refractivity contribution in [1.82, 2.24) is 4.31 Å². The highest BCUT2D eigenvalue weighted by atomic mass is 35.5. The molecular weight excluding hydrogens is 372 g/mol. The minimum atomic E-state index is -3.51. The lowest BCUT2D eigenvalue weighted by Crippen LogP contribution is -2.48. The van der Waals surface area contributed by atoms with Crippen LogP contribution in [0.1, 0.15) is 19.4 Å². The fraction of sp³-hybridized carbons (Fsp3) is 0.368. The minimum absolute atomic E-state index is 0.106. The summed E-state index contributed by atoms with van der Waals surface area (Å²) in [4.78, 5) is 0.294. The number of benzene rings is 2. The first-order chi connectivity index (χ1) is 12.4. The zero-order valence-corrected chi connectivity index (χ0v) is 16.4. The largest absolute Gasteiger partial charge is 0.381 e. The minimum Gasteiger partial charge on any atom is -0.381 e. The summed E-state index contributed by atoms with van der Waals surface area (Å²) in [6.45, 7) is 5.10. The summed E-state index contributed by atoms with van der Waals surface area (Å²) in [7, 11) is -3.51. The molecule has 7 heteroatoms. The van der Waals surface area contributed by atoms with Crippen LogP contribution in [0.4, 0.5) is 5.69 Å². The van der Waals surface area contributed by atoms with Crippen molar-refractivity contribution in [1.29, 1.82) is 0 Å². The van der Waals surface area contributed by atoms with Crippen LogP contribution >= 0.6 is 11.6 Å². The van der Waals surface area contributed by atoms with Gasteiger partial charge in [-0.05, 0) is 49.7 Å². The Morgan fingerprint density at radius 1 is 1.08 bits per heavy atom. The first-order valence-electron chi connectivity index (χ1n) is 8.59. The predicted molar refractivity (Wildman–Crippen MR) is 104 cm³/mol. The van der Waals surface area contributed by atoms with Crippen molar-refractivity contribution in [2.24, 2.45) is 0 Å². The van der Waals surface area contributed by atoms with Crippen molar-refractivity contribution < 1.29 is 13.2 Å². The maximum absolute atomic E-state index is 12.8. The van der Waals surface area contributed by atoms with E-state index in [1.54, 1.807) is 24.3 Å². The van der Waals surface area contributed by atoms with Gasteiger partial charge in [0.05, 0.1) is 17.1 Å². The van der Waals surface area contributed by atoms with Gasteiger partial charge in [0.2, 0.25) is 10.0 Å². The van der Waals surface area contributed by atoms with Crippen LogP contribution in [-0.4, -0.2) is 38.0 Å². The van der Waals surface area contributed by atoms with Gasteiger partial charge in [-0.25, -0.2) is 8.42 Å². The molecule has 1 aliphatic rings. The Hall–Kier alpha value is -1.60. The van der Waals surface area contributed by atoms with Crippen LogP contribution in [-0.2, 0) is 21.3 Å².